The van der Waals surface area contributed by atoms with Crippen molar-refractivity contribution in [1.82, 2.24) is 5.32 Å². The van der Waals surface area contributed by atoms with E-state index in [4.69, 9.17) is 4.74 Å². The van der Waals surface area contributed by atoms with Crippen LogP contribution in [0.2, 0.25) is 0 Å². The normalized spacial score (nSPS) is 18.1. The number of nitrogens with one attached hydrogen (secondary N) is 1. The van der Waals surface area contributed by atoms with Gasteiger partial charge in [-0.2, -0.15) is 0 Å². The van der Waals surface area contributed by atoms with Crippen LogP contribution in [0.4, 0.5) is 0 Å². The predicted molar refractivity (Wildman–Crippen MR) is 97.3 cm³/mol. The summed E-state index contributed by atoms with van der Waals surface area (Å²) in [4.78, 5) is 13.8. The highest BCUT2D eigenvalue weighted by Gasteiger charge is 2.31. The molecule has 0 bridgehead atoms. The van der Waals surface area contributed by atoms with E-state index in [1.54, 1.807) is 11.3 Å². The van der Waals surface area contributed by atoms with Crippen molar-refractivity contribution in [2.75, 3.05) is 13.2 Å². The fraction of sp³-hybridized carbons (Fsp3) is 0.737. The summed E-state index contributed by atoms with van der Waals surface area (Å²) in [5.41, 5.74) is 2.55. The van der Waals surface area contributed by atoms with Crippen LogP contribution in [0.5, 0.6) is 0 Å². The molecule has 1 N–H and O–H groups in total. The third kappa shape index (κ3) is 5.05. The number of fused-ring (bicyclic) bond motifs is 1. The minimum Gasteiger partial charge on any atom is -0.379 e. The zero-order valence-electron chi connectivity index (χ0n) is 15.2. The first-order valence-electron chi connectivity index (χ1n) is 8.78. The number of carbonyl (C=O) groups is 1. The lowest BCUT2D eigenvalue weighted by atomic mass is 9.72. The number of rotatable bonds is 6. The summed E-state index contributed by atoms with van der Waals surface area (Å²) >= 11 is 1.76. The smallest absolute Gasteiger partial charge is 0.252 e. The number of amides is 1. The van der Waals surface area contributed by atoms with E-state index in [9.17, 15) is 4.79 Å². The van der Waals surface area contributed by atoms with Crippen LogP contribution in [0.25, 0.3) is 0 Å². The van der Waals surface area contributed by atoms with Crippen molar-refractivity contribution in [1.29, 1.82) is 0 Å². The second kappa shape index (κ2) is 7.80. The van der Waals surface area contributed by atoms with E-state index in [1.165, 1.54) is 16.9 Å². The summed E-state index contributed by atoms with van der Waals surface area (Å²) in [6.45, 7) is 12.4. The van der Waals surface area contributed by atoms with E-state index >= 15 is 0 Å². The summed E-state index contributed by atoms with van der Waals surface area (Å²) in [5, 5.41) is 5.09. The van der Waals surface area contributed by atoms with Gasteiger partial charge in [0.15, 0.2) is 0 Å². The third-order valence-corrected chi connectivity index (χ3v) is 5.73. The molecule has 0 radical (unpaired) electrons. The second-order valence-corrected chi connectivity index (χ2v) is 8.85. The van der Waals surface area contributed by atoms with Crippen molar-refractivity contribution in [2.24, 2.45) is 11.3 Å². The summed E-state index contributed by atoms with van der Waals surface area (Å²) in [6, 6.07) is 0. The molecule has 1 aromatic rings. The molecule has 0 aromatic carbocycles. The highest BCUT2D eigenvalue weighted by molar-refractivity contribution is 7.10. The van der Waals surface area contributed by atoms with Gasteiger partial charge in [-0.25, -0.2) is 0 Å². The summed E-state index contributed by atoms with van der Waals surface area (Å²) in [5.74, 6) is 0.805. The minimum atomic E-state index is 0.0845. The average molecular weight is 338 g/mol. The fourth-order valence-corrected chi connectivity index (χ4v) is 4.29. The molecule has 0 fully saturated rings. The van der Waals surface area contributed by atoms with Crippen LogP contribution in [0.15, 0.2) is 5.38 Å². The largest absolute Gasteiger partial charge is 0.379 e. The first-order chi connectivity index (χ1) is 10.8. The van der Waals surface area contributed by atoms with E-state index in [0.717, 1.165) is 30.7 Å². The standard InChI is InChI=1S/C19H31NO2S/c1-13(2)22-10-6-9-20-18(21)16-12-23-17-11-14(19(3,4)5)7-8-15(16)17/h12-14H,6-11H2,1-5H3,(H,20,21). The van der Waals surface area contributed by atoms with Crippen molar-refractivity contribution in [3.63, 3.8) is 0 Å². The highest BCUT2D eigenvalue weighted by atomic mass is 32.1. The molecule has 1 aliphatic rings. The highest BCUT2D eigenvalue weighted by Crippen LogP contribution is 2.40. The van der Waals surface area contributed by atoms with Crippen LogP contribution < -0.4 is 5.32 Å². The molecule has 130 valence electrons. The van der Waals surface area contributed by atoms with Crippen LogP contribution in [0.3, 0.4) is 0 Å². The maximum atomic E-state index is 12.4. The molecule has 0 aliphatic heterocycles. The zero-order valence-corrected chi connectivity index (χ0v) is 16.0. The van der Waals surface area contributed by atoms with E-state index in [2.05, 4.69) is 31.5 Å². The monoisotopic (exact) mass is 337 g/mol. The molecule has 23 heavy (non-hydrogen) atoms. The van der Waals surface area contributed by atoms with E-state index in [0.29, 0.717) is 18.6 Å². The van der Waals surface area contributed by atoms with Crippen molar-refractivity contribution in [2.45, 2.75) is 66.4 Å². The first-order valence-corrected chi connectivity index (χ1v) is 9.66. The Hall–Kier alpha value is -0.870. The summed E-state index contributed by atoms with van der Waals surface area (Å²) in [6.07, 6.45) is 4.47. The van der Waals surface area contributed by atoms with Crippen molar-refractivity contribution in [3.05, 3.63) is 21.4 Å². The predicted octanol–water partition coefficient (Wildman–Crippen LogP) is 4.44. The zero-order chi connectivity index (χ0) is 17.0. The Kier molecular flexibility index (Phi) is 6.26. The van der Waals surface area contributed by atoms with Gasteiger partial charge in [0.1, 0.15) is 0 Å². The molecular weight excluding hydrogens is 306 g/mol. The molecule has 0 saturated heterocycles. The number of thiophene rings is 1. The Morgan fingerprint density at radius 3 is 2.83 bits per heavy atom. The van der Waals surface area contributed by atoms with Gasteiger partial charge in [0.25, 0.3) is 5.91 Å². The number of carbonyl (C=O) groups excluding carboxylic acids is 1. The fourth-order valence-electron chi connectivity index (χ4n) is 3.13. The van der Waals surface area contributed by atoms with Gasteiger partial charge in [-0.1, -0.05) is 20.8 Å². The molecular formula is C19H31NO2S. The molecule has 1 heterocycles. The van der Waals surface area contributed by atoms with Gasteiger partial charge < -0.3 is 10.1 Å². The van der Waals surface area contributed by atoms with Crippen molar-refractivity contribution >= 4 is 17.2 Å². The van der Waals surface area contributed by atoms with Gasteiger partial charge in [0, 0.05) is 23.4 Å². The Bertz CT molecular complexity index is 528. The summed E-state index contributed by atoms with van der Waals surface area (Å²) in [7, 11) is 0. The molecule has 4 heteroatoms. The van der Waals surface area contributed by atoms with Gasteiger partial charge in [-0.05, 0) is 56.4 Å². The molecule has 1 aromatic heterocycles. The number of hydrogen-bond acceptors (Lipinski definition) is 3. The van der Waals surface area contributed by atoms with Crippen LogP contribution >= 0.6 is 11.3 Å². The van der Waals surface area contributed by atoms with Crippen LogP contribution in [0, 0.1) is 11.3 Å². The maximum Gasteiger partial charge on any atom is 0.252 e. The lowest BCUT2D eigenvalue weighted by molar-refractivity contribution is 0.0757. The van der Waals surface area contributed by atoms with Gasteiger partial charge in [-0.3, -0.25) is 4.79 Å². The quantitative estimate of drug-likeness (QED) is 0.779. The van der Waals surface area contributed by atoms with Crippen LogP contribution in [0.1, 0.15) is 68.3 Å². The van der Waals surface area contributed by atoms with Crippen molar-refractivity contribution < 1.29 is 9.53 Å². The Balaban J connectivity index is 1.88. The SMILES string of the molecule is CC(C)OCCCNC(=O)c1csc2c1CCC(C(C)(C)C)C2. The lowest BCUT2D eigenvalue weighted by Gasteiger charge is -2.34. The van der Waals surface area contributed by atoms with Crippen molar-refractivity contribution in [3.8, 4) is 0 Å². The Morgan fingerprint density at radius 1 is 1.43 bits per heavy atom. The molecule has 1 atom stereocenters. The second-order valence-electron chi connectivity index (χ2n) is 7.89. The molecule has 1 unspecified atom stereocenters. The molecule has 2 rings (SSSR count). The molecule has 1 aliphatic carbocycles. The van der Waals surface area contributed by atoms with E-state index in [1.807, 2.05) is 13.8 Å². The number of ether oxygens (including phenoxy) is 1. The number of hydrogen-bond donors (Lipinski definition) is 1. The van der Waals surface area contributed by atoms with Crippen LogP contribution in [-0.4, -0.2) is 25.2 Å². The molecule has 0 spiro atoms. The Labute approximate surface area is 144 Å². The topological polar surface area (TPSA) is 38.3 Å². The summed E-state index contributed by atoms with van der Waals surface area (Å²) < 4.78 is 5.50. The molecule has 0 saturated carbocycles. The van der Waals surface area contributed by atoms with Gasteiger partial charge in [0.2, 0.25) is 0 Å². The maximum absolute atomic E-state index is 12.4. The van der Waals surface area contributed by atoms with E-state index in [-0.39, 0.29) is 12.0 Å². The first kappa shape index (κ1) is 18.5. The molecule has 1 amide bonds. The third-order valence-electron chi connectivity index (χ3n) is 4.68. The lowest BCUT2D eigenvalue weighted by Crippen LogP contribution is -2.29. The molecule has 3 nitrogen and oxygen atoms in total. The van der Waals surface area contributed by atoms with Gasteiger partial charge in [0.05, 0.1) is 11.7 Å². The van der Waals surface area contributed by atoms with Gasteiger partial charge >= 0.3 is 0 Å². The van der Waals surface area contributed by atoms with Crippen LogP contribution in [-0.2, 0) is 17.6 Å². The van der Waals surface area contributed by atoms with Gasteiger partial charge in [-0.15, -0.1) is 11.3 Å². The minimum absolute atomic E-state index is 0.0845. The Morgan fingerprint density at radius 2 is 2.17 bits per heavy atom. The van der Waals surface area contributed by atoms with E-state index < -0.39 is 0 Å². The average Bonchev–Trinajstić information content (AvgIpc) is 2.88.